The molecule has 0 radical (unpaired) electrons. The first-order valence-electron chi connectivity index (χ1n) is 9.32. The van der Waals surface area contributed by atoms with Crippen LogP contribution in [0.15, 0.2) is 78.9 Å². The van der Waals surface area contributed by atoms with E-state index in [0.717, 1.165) is 5.56 Å². The van der Waals surface area contributed by atoms with Gasteiger partial charge in [0.05, 0.1) is 5.75 Å². The van der Waals surface area contributed by atoms with Crippen LogP contribution < -0.4 is 10.2 Å². The lowest BCUT2D eigenvalue weighted by molar-refractivity contribution is -0.116. The first-order valence-corrected chi connectivity index (χ1v) is 10.8. The maximum Gasteiger partial charge on any atom is 0.246 e. The summed E-state index contributed by atoms with van der Waals surface area (Å²) in [5.74, 6) is -0.520. The van der Waals surface area contributed by atoms with Crippen molar-refractivity contribution in [1.29, 1.82) is 0 Å². The molecule has 0 aromatic heterocycles. The number of nitrogens with one attached hydrogen (secondary N) is 1. The summed E-state index contributed by atoms with van der Waals surface area (Å²) in [7, 11) is 0. The van der Waals surface area contributed by atoms with Crippen LogP contribution in [0.1, 0.15) is 21.9 Å². The molecule has 7 heteroatoms. The lowest BCUT2D eigenvalue weighted by Gasteiger charge is -2.25. The Morgan fingerprint density at radius 1 is 1.07 bits per heavy atom. The molecule has 0 saturated carbocycles. The number of halogens is 2. The van der Waals surface area contributed by atoms with Crippen molar-refractivity contribution in [2.45, 2.75) is 10.8 Å². The van der Waals surface area contributed by atoms with Gasteiger partial charge in [-0.2, -0.15) is 0 Å². The van der Waals surface area contributed by atoms with E-state index in [1.165, 1.54) is 23.9 Å². The number of alkyl halides is 1. The minimum absolute atomic E-state index is 0.0880. The standard InChI is InChI=1S/C23H18ClFN2O2S/c24-21(15-6-2-1-3-7-15)22(29)26-18-10-4-8-16(12-18)23-27(20(28)14-30-23)19-11-5-9-17(25)13-19/h1-13,21,23H,14H2,(H,26,29)/t21-,23+/m1/s1. The Morgan fingerprint density at radius 2 is 1.83 bits per heavy atom. The third-order valence-corrected chi connectivity index (χ3v) is 6.38. The molecule has 1 heterocycles. The molecule has 1 fully saturated rings. The highest BCUT2D eigenvalue weighted by atomic mass is 35.5. The highest BCUT2D eigenvalue weighted by molar-refractivity contribution is 8.00. The summed E-state index contributed by atoms with van der Waals surface area (Å²) in [5, 5.41) is 1.71. The third kappa shape index (κ3) is 4.35. The molecule has 2 amide bonds. The number of thioether (sulfide) groups is 1. The zero-order valence-corrected chi connectivity index (χ0v) is 17.4. The van der Waals surface area contributed by atoms with Crippen molar-refractivity contribution in [3.05, 3.63) is 95.8 Å². The number of hydrogen-bond donors (Lipinski definition) is 1. The molecule has 4 rings (SSSR count). The van der Waals surface area contributed by atoms with Gasteiger partial charge in [0, 0.05) is 11.4 Å². The van der Waals surface area contributed by atoms with Crippen LogP contribution in [0.25, 0.3) is 0 Å². The summed E-state index contributed by atoms with van der Waals surface area (Å²) in [5.41, 5.74) is 2.63. The van der Waals surface area contributed by atoms with Crippen molar-refractivity contribution in [3.8, 4) is 0 Å². The molecule has 3 aromatic rings. The summed E-state index contributed by atoms with van der Waals surface area (Å²) < 4.78 is 13.7. The van der Waals surface area contributed by atoms with E-state index in [1.807, 2.05) is 36.4 Å². The largest absolute Gasteiger partial charge is 0.324 e. The van der Waals surface area contributed by atoms with Crippen molar-refractivity contribution in [2.24, 2.45) is 0 Å². The first-order chi connectivity index (χ1) is 14.5. The molecule has 2 atom stereocenters. The normalized spacial score (nSPS) is 17.1. The number of rotatable bonds is 5. The molecule has 0 bridgehead atoms. The van der Waals surface area contributed by atoms with Crippen LogP contribution in [0, 0.1) is 5.82 Å². The highest BCUT2D eigenvalue weighted by Crippen LogP contribution is 2.42. The quantitative estimate of drug-likeness (QED) is 0.531. The van der Waals surface area contributed by atoms with Crippen LogP contribution >= 0.6 is 23.4 Å². The predicted octanol–water partition coefficient (Wildman–Crippen LogP) is 5.52. The van der Waals surface area contributed by atoms with Crippen LogP contribution in [-0.4, -0.2) is 17.6 Å². The summed E-state index contributed by atoms with van der Waals surface area (Å²) in [4.78, 5) is 26.6. The fourth-order valence-electron chi connectivity index (χ4n) is 3.32. The Kier molecular flexibility index (Phi) is 6.06. The van der Waals surface area contributed by atoms with Crippen LogP contribution in [0.2, 0.25) is 0 Å². The molecule has 4 nitrogen and oxygen atoms in total. The molecule has 3 aromatic carbocycles. The van der Waals surface area contributed by atoms with E-state index >= 15 is 0 Å². The van der Waals surface area contributed by atoms with Gasteiger partial charge in [-0.05, 0) is 41.5 Å². The van der Waals surface area contributed by atoms with Gasteiger partial charge in [0.15, 0.2) is 0 Å². The van der Waals surface area contributed by atoms with E-state index in [4.69, 9.17) is 11.6 Å². The molecular formula is C23H18ClFN2O2S. The molecule has 0 spiro atoms. The second kappa shape index (κ2) is 8.90. The molecule has 1 aliphatic rings. The monoisotopic (exact) mass is 440 g/mol. The van der Waals surface area contributed by atoms with E-state index in [1.54, 1.807) is 35.2 Å². The molecular weight excluding hydrogens is 423 g/mol. The summed E-state index contributed by atoms with van der Waals surface area (Å²) in [6, 6.07) is 22.4. The van der Waals surface area contributed by atoms with E-state index in [-0.39, 0.29) is 17.2 Å². The molecule has 1 N–H and O–H groups in total. The lowest BCUT2D eigenvalue weighted by Crippen LogP contribution is -2.28. The first kappa shape index (κ1) is 20.4. The number of benzene rings is 3. The zero-order chi connectivity index (χ0) is 21.1. The predicted molar refractivity (Wildman–Crippen MR) is 119 cm³/mol. The minimum Gasteiger partial charge on any atom is -0.324 e. The molecule has 0 unspecified atom stereocenters. The Hall–Kier alpha value is -2.83. The second-order valence-corrected chi connectivity index (χ2v) is 8.30. The van der Waals surface area contributed by atoms with Gasteiger partial charge in [-0.3, -0.25) is 14.5 Å². The molecule has 0 aliphatic carbocycles. The zero-order valence-electron chi connectivity index (χ0n) is 15.8. The maximum atomic E-state index is 13.7. The summed E-state index contributed by atoms with van der Waals surface area (Å²) in [6.45, 7) is 0. The third-order valence-electron chi connectivity index (χ3n) is 4.72. The average Bonchev–Trinajstić information content (AvgIpc) is 3.15. The maximum absolute atomic E-state index is 13.7. The Bertz CT molecular complexity index is 1080. The number of amides is 2. The van der Waals surface area contributed by atoms with Gasteiger partial charge in [0.25, 0.3) is 0 Å². The fraction of sp³-hybridized carbons (Fsp3) is 0.130. The Morgan fingerprint density at radius 3 is 2.60 bits per heavy atom. The van der Waals surface area contributed by atoms with Gasteiger partial charge < -0.3 is 5.32 Å². The van der Waals surface area contributed by atoms with Crippen molar-refractivity contribution >= 4 is 46.6 Å². The SMILES string of the molecule is O=C(Nc1cccc([C@@H]2SCC(=O)N2c2cccc(F)c2)c1)[C@H](Cl)c1ccccc1. The Labute approximate surface area is 183 Å². The molecule has 152 valence electrons. The van der Waals surface area contributed by atoms with Gasteiger partial charge in [-0.25, -0.2) is 4.39 Å². The number of carbonyl (C=O) groups excluding carboxylic acids is 2. The van der Waals surface area contributed by atoms with E-state index < -0.39 is 11.2 Å². The number of carbonyl (C=O) groups is 2. The lowest BCUT2D eigenvalue weighted by atomic mass is 10.1. The number of anilines is 2. The minimum atomic E-state index is -0.818. The molecule has 1 aliphatic heterocycles. The van der Waals surface area contributed by atoms with E-state index in [0.29, 0.717) is 22.7 Å². The van der Waals surface area contributed by atoms with Crippen LogP contribution in [0.3, 0.4) is 0 Å². The van der Waals surface area contributed by atoms with Gasteiger partial charge in [0.1, 0.15) is 16.6 Å². The highest BCUT2D eigenvalue weighted by Gasteiger charge is 2.34. The Balaban J connectivity index is 1.55. The van der Waals surface area contributed by atoms with Gasteiger partial charge in [0.2, 0.25) is 11.8 Å². The van der Waals surface area contributed by atoms with Crippen molar-refractivity contribution < 1.29 is 14.0 Å². The summed E-state index contributed by atoms with van der Waals surface area (Å²) >= 11 is 7.76. The van der Waals surface area contributed by atoms with Gasteiger partial charge in [-0.15, -0.1) is 23.4 Å². The van der Waals surface area contributed by atoms with Crippen molar-refractivity contribution in [3.63, 3.8) is 0 Å². The number of hydrogen-bond acceptors (Lipinski definition) is 3. The summed E-state index contributed by atoms with van der Waals surface area (Å²) in [6.07, 6.45) is 0. The van der Waals surface area contributed by atoms with E-state index in [2.05, 4.69) is 5.32 Å². The fourth-order valence-corrected chi connectivity index (χ4v) is 4.69. The smallest absolute Gasteiger partial charge is 0.246 e. The van der Waals surface area contributed by atoms with Crippen LogP contribution in [0.5, 0.6) is 0 Å². The topological polar surface area (TPSA) is 49.4 Å². The van der Waals surface area contributed by atoms with Crippen molar-refractivity contribution in [2.75, 3.05) is 16.0 Å². The van der Waals surface area contributed by atoms with Crippen molar-refractivity contribution in [1.82, 2.24) is 0 Å². The van der Waals surface area contributed by atoms with E-state index in [9.17, 15) is 14.0 Å². The molecule has 30 heavy (non-hydrogen) atoms. The molecule has 1 saturated heterocycles. The van der Waals surface area contributed by atoms with Gasteiger partial charge >= 0.3 is 0 Å². The number of nitrogens with zero attached hydrogens (tertiary/aromatic N) is 1. The van der Waals surface area contributed by atoms with Gasteiger partial charge in [-0.1, -0.05) is 48.5 Å². The van der Waals surface area contributed by atoms with Crippen LogP contribution in [-0.2, 0) is 9.59 Å². The second-order valence-electron chi connectivity index (χ2n) is 6.79. The van der Waals surface area contributed by atoms with Crippen LogP contribution in [0.4, 0.5) is 15.8 Å². The average molecular weight is 441 g/mol.